The van der Waals surface area contributed by atoms with Crippen LogP contribution in [-0.2, 0) is 62.2 Å². The number of hydrogen-bond donors (Lipinski definition) is 0. The van der Waals surface area contributed by atoms with Crippen molar-refractivity contribution in [3.05, 3.63) is 154 Å². The third-order valence-corrected chi connectivity index (χ3v) is 12.4. The Bertz CT molecular complexity index is 2740. The third-order valence-electron chi connectivity index (χ3n) is 12.4. The Morgan fingerprint density at radius 2 is 1.20 bits per heavy atom. The van der Waals surface area contributed by atoms with E-state index < -0.39 is 5.41 Å². The first-order chi connectivity index (χ1) is 27.1. The second-order valence-electron chi connectivity index (χ2n) is 20.8. The van der Waals surface area contributed by atoms with Crippen LogP contribution in [0.25, 0.3) is 33.5 Å². The van der Waals surface area contributed by atoms with Crippen molar-refractivity contribution in [1.82, 2.24) is 9.13 Å². The van der Waals surface area contributed by atoms with Crippen molar-refractivity contribution in [3.63, 3.8) is 0 Å². The fourth-order valence-corrected chi connectivity index (χ4v) is 9.42. The monoisotopic (exact) mass is 959 g/mol. The van der Waals surface area contributed by atoms with Gasteiger partial charge in [-0.2, -0.15) is 18.2 Å². The van der Waals surface area contributed by atoms with Crippen LogP contribution in [-0.4, -0.2) is 9.13 Å². The first-order valence-corrected chi connectivity index (χ1v) is 20.6. The molecule has 2 aromatic heterocycles. The number of aryl methyl sites for hydroxylation is 2. The summed E-state index contributed by atoms with van der Waals surface area (Å²) in [6.45, 7) is 28.4. The second-order valence-corrected chi connectivity index (χ2v) is 20.8. The summed E-state index contributed by atoms with van der Waals surface area (Å²) in [5, 5.41) is 0. The van der Waals surface area contributed by atoms with Crippen molar-refractivity contribution in [3.8, 4) is 34.0 Å². The fraction of sp³-hybridized carbons (Fsp3) is 0.358. The molecule has 0 saturated carbocycles. The van der Waals surface area contributed by atoms with Gasteiger partial charge in [0, 0.05) is 29.3 Å². The summed E-state index contributed by atoms with van der Waals surface area (Å²) in [5.41, 5.74) is 16.3. The molecule has 0 unspecified atom stereocenters. The predicted octanol–water partition coefficient (Wildman–Crippen LogP) is 10.9. The summed E-state index contributed by atoms with van der Waals surface area (Å²) in [4.78, 5) is 0. The number of imidazole rings is 2. The minimum Gasteiger partial charge on any atom is -0.511 e. The maximum absolute atomic E-state index is 6.68. The molecule has 0 amide bonds. The van der Waals surface area contributed by atoms with E-state index in [1.807, 2.05) is 46.8 Å². The van der Waals surface area contributed by atoms with Crippen LogP contribution in [0.5, 0.6) is 11.5 Å². The van der Waals surface area contributed by atoms with Crippen molar-refractivity contribution < 1.29 is 34.9 Å². The van der Waals surface area contributed by atoms with Gasteiger partial charge in [0.25, 0.3) is 0 Å². The van der Waals surface area contributed by atoms with Gasteiger partial charge in [0.15, 0.2) is 0 Å². The summed E-state index contributed by atoms with van der Waals surface area (Å²) in [7, 11) is 4.06. The molecule has 302 valence electrons. The number of hydrogen-bond acceptors (Lipinski definition) is 1. The molecule has 0 fully saturated rings. The Morgan fingerprint density at radius 1 is 0.627 bits per heavy atom. The molecule has 3 heterocycles. The summed E-state index contributed by atoms with van der Waals surface area (Å²) in [6.07, 6.45) is 10.9. The van der Waals surface area contributed by atoms with Crippen LogP contribution in [0.3, 0.4) is 0 Å². The third kappa shape index (κ3) is 6.28. The molecule has 6 heteroatoms. The Hall–Kier alpha value is -4.73. The van der Waals surface area contributed by atoms with Gasteiger partial charge in [-0.3, -0.25) is 0 Å². The average molecular weight is 960 g/mol. The van der Waals surface area contributed by atoms with Crippen LogP contribution >= 0.6 is 0 Å². The zero-order valence-electron chi connectivity index (χ0n) is 37.1. The van der Waals surface area contributed by atoms with Gasteiger partial charge < -0.3 is 23.0 Å². The van der Waals surface area contributed by atoms with E-state index in [1.54, 1.807) is 0 Å². The second kappa shape index (κ2) is 13.4. The molecule has 7 aromatic rings. The van der Waals surface area contributed by atoms with Crippen LogP contribution in [0, 0.1) is 24.8 Å². The van der Waals surface area contributed by atoms with Gasteiger partial charge in [-0.05, 0) is 71.7 Å². The van der Waals surface area contributed by atoms with Crippen molar-refractivity contribution >= 4 is 11.0 Å². The van der Waals surface area contributed by atoms with Crippen molar-refractivity contribution in [2.24, 2.45) is 14.1 Å². The SMILES string of the molecule is Cn1[c-][n+](-c2[c-]c(Oc3[c-]c4c(cc3)C3(c5c(cc(C(C)(C)C)cc5C(C)(C)C)-c5cc(C(C)(C)C)cc(C(C)(C)C)c53)c3cccc5c3n-4[c-][n+]5C)ccc2)cc1.[Pt+4]. The largest absolute Gasteiger partial charge is 4.00 e. The van der Waals surface area contributed by atoms with Gasteiger partial charge in [0.1, 0.15) is 0 Å². The zero-order valence-corrected chi connectivity index (χ0v) is 39.4. The number of nitrogens with zero attached hydrogens (tertiary/aromatic N) is 4. The molecular formula is C53H56N4OPt+2. The van der Waals surface area contributed by atoms with Crippen LogP contribution in [0.2, 0.25) is 0 Å². The van der Waals surface area contributed by atoms with E-state index in [-0.39, 0.29) is 42.7 Å². The first-order valence-electron chi connectivity index (χ1n) is 20.6. The van der Waals surface area contributed by atoms with E-state index in [4.69, 9.17) is 4.74 Å². The molecule has 1 aliphatic carbocycles. The summed E-state index contributed by atoms with van der Waals surface area (Å²) < 4.78 is 14.8. The van der Waals surface area contributed by atoms with Gasteiger partial charge in [0.2, 0.25) is 12.7 Å². The van der Waals surface area contributed by atoms with Gasteiger partial charge in [-0.1, -0.05) is 137 Å². The van der Waals surface area contributed by atoms with E-state index in [0.29, 0.717) is 11.5 Å². The van der Waals surface area contributed by atoms with Crippen LogP contribution in [0.1, 0.15) is 128 Å². The van der Waals surface area contributed by atoms with Crippen LogP contribution in [0.4, 0.5) is 0 Å². The first kappa shape index (κ1) is 41.0. The quantitative estimate of drug-likeness (QED) is 0.128. The zero-order chi connectivity index (χ0) is 41.5. The van der Waals surface area contributed by atoms with Gasteiger partial charge in [0.05, 0.1) is 25.1 Å². The molecule has 1 spiro atoms. The van der Waals surface area contributed by atoms with Crippen LogP contribution < -0.4 is 13.9 Å². The molecule has 5 aromatic carbocycles. The van der Waals surface area contributed by atoms with E-state index >= 15 is 0 Å². The van der Waals surface area contributed by atoms with Crippen molar-refractivity contribution in [1.29, 1.82) is 0 Å². The van der Waals surface area contributed by atoms with Gasteiger partial charge in [-0.15, -0.1) is 29.8 Å². The van der Waals surface area contributed by atoms with E-state index in [9.17, 15) is 0 Å². The molecule has 1 aliphatic heterocycles. The van der Waals surface area contributed by atoms with E-state index in [2.05, 4.69) is 179 Å². The average Bonchev–Trinajstić information content (AvgIpc) is 3.81. The number of fused-ring (bicyclic) bond motifs is 9. The molecule has 0 atom stereocenters. The maximum Gasteiger partial charge on any atom is 4.00 e. The normalized spacial score (nSPS) is 14.3. The Labute approximate surface area is 366 Å². The van der Waals surface area contributed by atoms with Gasteiger partial charge in [-0.25, -0.2) is 0 Å². The number of rotatable bonds is 3. The molecule has 2 aliphatic rings. The topological polar surface area (TPSA) is 26.8 Å². The number of benzene rings is 5. The van der Waals surface area contributed by atoms with E-state index in [0.717, 1.165) is 22.4 Å². The molecule has 0 N–H and O–H groups in total. The molecular weight excluding hydrogens is 904 g/mol. The minimum atomic E-state index is -0.659. The predicted molar refractivity (Wildman–Crippen MR) is 232 cm³/mol. The molecule has 0 saturated heterocycles. The van der Waals surface area contributed by atoms with Crippen LogP contribution in [0.15, 0.2) is 85.2 Å². The fourth-order valence-electron chi connectivity index (χ4n) is 9.42. The minimum absolute atomic E-state index is 0. The molecule has 59 heavy (non-hydrogen) atoms. The Morgan fingerprint density at radius 3 is 1.75 bits per heavy atom. The van der Waals surface area contributed by atoms with E-state index in [1.165, 1.54) is 55.6 Å². The Kier molecular flexibility index (Phi) is 9.31. The molecule has 5 nitrogen and oxygen atoms in total. The van der Waals surface area contributed by atoms with Crippen molar-refractivity contribution in [2.45, 2.75) is 110 Å². The summed E-state index contributed by atoms with van der Waals surface area (Å²) >= 11 is 0. The maximum atomic E-state index is 6.68. The smallest absolute Gasteiger partial charge is 0.511 e. The van der Waals surface area contributed by atoms with Gasteiger partial charge >= 0.3 is 21.1 Å². The number of ether oxygens (including phenoxy) is 1. The standard InChI is InChI=1S/C53H56N4O.Pt/c1-49(2,3)33-25-38-39-26-34(50(4,5)6)28-43(52(10,11)12)47(39)53(46(38)42(27-33)51(7,8)9)40-22-21-37(58-36-18-15-17-35(29-36)56-24-23-54(13)31-56)30-45(40)57-32-55(14)44-20-16-19-41(53)48(44)57;/h15-28H,1-14H3;/q-2;+4. The number of aromatic nitrogens is 4. The van der Waals surface area contributed by atoms with Crippen molar-refractivity contribution in [2.75, 3.05) is 0 Å². The molecule has 0 radical (unpaired) electrons. The summed E-state index contributed by atoms with van der Waals surface area (Å²) in [6, 6.07) is 34.6. The molecule has 0 bridgehead atoms. The number of para-hydroxylation sites is 1. The molecule has 9 rings (SSSR count). The summed E-state index contributed by atoms with van der Waals surface area (Å²) in [5.74, 6) is 1.24. The Balaban J connectivity index is 0.00000484.